The van der Waals surface area contributed by atoms with E-state index < -0.39 is 43.6 Å². The summed E-state index contributed by atoms with van der Waals surface area (Å²) in [5.41, 5.74) is 0. The molecule has 0 aliphatic carbocycles. The van der Waals surface area contributed by atoms with Crippen molar-refractivity contribution in [3.8, 4) is 0 Å². The first-order valence-corrected chi connectivity index (χ1v) is 17.9. The van der Waals surface area contributed by atoms with Gasteiger partial charge >= 0.3 is 20.5 Å². The van der Waals surface area contributed by atoms with Gasteiger partial charge in [-0.1, -0.05) is 80.2 Å². The van der Waals surface area contributed by atoms with Crippen LogP contribution in [0, 0.1) is 0 Å². The number of rotatable bonds is 10. The molecule has 10 heteroatoms. The Bertz CT molecular complexity index is 482. The maximum Gasteiger partial charge on any atom is 0.332 e. The van der Waals surface area contributed by atoms with Crippen LogP contribution in [0.2, 0.25) is 50.9 Å². The van der Waals surface area contributed by atoms with Gasteiger partial charge in [-0.2, -0.15) is 0 Å². The lowest BCUT2D eigenvalue weighted by Gasteiger charge is -2.42. The van der Waals surface area contributed by atoms with Gasteiger partial charge in [0.05, 0.1) is 0 Å². The molecule has 0 aliphatic rings. The third-order valence-electron chi connectivity index (χ3n) is 3.42. The average Bonchev–Trinajstić information content (AvgIpc) is 2.33. The molecule has 0 bridgehead atoms. The van der Waals surface area contributed by atoms with Crippen molar-refractivity contribution in [3.63, 3.8) is 0 Å². The minimum atomic E-state index is -2.58. The maximum atomic E-state index is 11.8. The average molecular weight is 553 g/mol. The second kappa shape index (κ2) is 22.9. The fraction of sp³-hybridized carbons (Fsp3) is 0.917. The Morgan fingerprint density at radius 2 is 0.912 bits per heavy atom. The summed E-state index contributed by atoms with van der Waals surface area (Å²) < 4.78 is 27.5. The zero-order valence-corrected chi connectivity index (χ0v) is 21.0. The fourth-order valence-electron chi connectivity index (χ4n) is 1.68. The molecule has 0 aromatic heterocycles. The van der Waals surface area contributed by atoms with Gasteiger partial charge in [0.15, 0.2) is 30.2 Å². The quantitative estimate of drug-likeness (QED) is 0.116. The monoisotopic (exact) mass is 552 g/mol. The number of carbonyl (C=O) groups is 2. The Labute approximate surface area is 220 Å². The first kappa shape index (κ1) is 58.9. The van der Waals surface area contributed by atoms with Gasteiger partial charge in [-0.3, -0.25) is 9.59 Å². The summed E-state index contributed by atoms with van der Waals surface area (Å²) in [6.07, 6.45) is -0.471. The van der Waals surface area contributed by atoms with Crippen molar-refractivity contribution >= 4 is 37.1 Å². The first-order chi connectivity index (χ1) is 11.5. The number of hydrogen-bond acceptors (Lipinski definition) is 7. The van der Waals surface area contributed by atoms with E-state index in [4.69, 9.17) is 22.4 Å². The number of hydrogen-bond donors (Lipinski definition) is 0. The number of ether oxygens (including phenoxy) is 2. The van der Waals surface area contributed by atoms with E-state index in [1.165, 1.54) is 0 Å². The zero-order chi connectivity index (χ0) is 20.8. The van der Waals surface area contributed by atoms with E-state index in [1.54, 1.807) is 0 Å². The second-order valence-corrected chi connectivity index (χ2v) is 22.5. The summed E-state index contributed by atoms with van der Waals surface area (Å²) in [4.78, 5) is 23.4. The molecule has 218 valence electrons. The summed E-state index contributed by atoms with van der Waals surface area (Å²) in [5.74, 6) is -1.37. The van der Waals surface area contributed by atoms with Crippen molar-refractivity contribution in [1.82, 2.24) is 0 Å². The molecule has 1 unspecified atom stereocenters. The molecule has 1 atom stereocenters. The topological polar surface area (TPSA) is 80.3 Å². The molecule has 0 spiro atoms. The summed E-state index contributed by atoms with van der Waals surface area (Å²) in [5, 5.41) is -0.188. The zero-order valence-electron chi connectivity index (χ0n) is 18.0. The van der Waals surface area contributed by atoms with Crippen molar-refractivity contribution in [2.75, 3.05) is 13.6 Å². The highest BCUT2D eigenvalue weighted by Crippen LogP contribution is 2.39. The Hall–Kier alpha value is -0.529. The molecule has 0 aromatic rings. The second-order valence-electron chi connectivity index (χ2n) is 9.26. The molecule has 0 N–H and O–H groups in total. The predicted molar refractivity (Wildman–Crippen MR) is 162 cm³/mol. The van der Waals surface area contributed by atoms with E-state index in [0.717, 1.165) is 0 Å². The summed E-state index contributed by atoms with van der Waals surface area (Å²) in [6, 6.07) is 0. The van der Waals surface area contributed by atoms with Crippen LogP contribution < -0.4 is 0 Å². The third-order valence-corrected chi connectivity index (χ3v) is 11.8. The van der Waals surface area contributed by atoms with Gasteiger partial charge in [0.2, 0.25) is 0 Å². The fourth-order valence-corrected chi connectivity index (χ4v) is 8.95. The SMILES string of the molecule is C.C.C.C.C.C.C.C.CC(C)(C)[Si](C)(OCOC(=O)CC(=O)OCO[Si](C)(C)C)O[Si](C)(C)C. The number of carbonyl (C=O) groups excluding carboxylic acids is 2. The highest BCUT2D eigenvalue weighted by molar-refractivity contribution is 6.83. The Morgan fingerprint density at radius 1 is 0.588 bits per heavy atom. The van der Waals surface area contributed by atoms with Crippen LogP contribution in [-0.2, 0) is 32.0 Å². The largest absolute Gasteiger partial charge is 0.439 e. The van der Waals surface area contributed by atoms with E-state index in [9.17, 15) is 9.59 Å². The summed E-state index contributed by atoms with van der Waals surface area (Å²) >= 11 is 0. The molecular weight excluding hydrogens is 485 g/mol. The van der Waals surface area contributed by atoms with Gasteiger partial charge in [0.25, 0.3) is 0 Å². The predicted octanol–water partition coefficient (Wildman–Crippen LogP) is 9.06. The summed E-state index contributed by atoms with van der Waals surface area (Å²) in [6.45, 7) is 20.0. The van der Waals surface area contributed by atoms with Gasteiger partial charge in [0.1, 0.15) is 6.42 Å². The molecule has 0 amide bonds. The van der Waals surface area contributed by atoms with E-state index in [0.29, 0.717) is 0 Å². The van der Waals surface area contributed by atoms with Crippen molar-refractivity contribution in [3.05, 3.63) is 0 Å². The molecule has 0 aromatic carbocycles. The van der Waals surface area contributed by atoms with E-state index in [2.05, 4.69) is 40.4 Å². The minimum Gasteiger partial charge on any atom is -0.439 e. The van der Waals surface area contributed by atoms with Gasteiger partial charge < -0.3 is 22.4 Å². The number of esters is 2. The molecule has 0 heterocycles. The van der Waals surface area contributed by atoms with Crippen molar-refractivity contribution < 1.29 is 32.0 Å². The lowest BCUT2D eigenvalue weighted by Crippen LogP contribution is -2.53. The molecule has 0 rings (SSSR count). The van der Waals surface area contributed by atoms with Crippen LogP contribution in [0.15, 0.2) is 0 Å². The van der Waals surface area contributed by atoms with Crippen LogP contribution in [0.3, 0.4) is 0 Å². The third kappa shape index (κ3) is 27.7. The van der Waals surface area contributed by atoms with Crippen molar-refractivity contribution in [1.29, 1.82) is 0 Å². The van der Waals surface area contributed by atoms with Crippen LogP contribution >= 0.6 is 0 Å². The van der Waals surface area contributed by atoms with E-state index in [1.807, 2.05) is 26.2 Å². The van der Waals surface area contributed by atoms with Crippen LogP contribution in [0.25, 0.3) is 0 Å². The first-order valence-electron chi connectivity index (χ1n) is 8.74. The van der Waals surface area contributed by atoms with Crippen LogP contribution in [0.4, 0.5) is 0 Å². The molecular formula is C24H68O7Si3. The van der Waals surface area contributed by atoms with Gasteiger partial charge in [0, 0.05) is 5.04 Å². The molecule has 0 saturated heterocycles. The van der Waals surface area contributed by atoms with Crippen LogP contribution in [0.5, 0.6) is 0 Å². The van der Waals surface area contributed by atoms with Crippen molar-refractivity contribution in [2.24, 2.45) is 0 Å². The molecule has 34 heavy (non-hydrogen) atoms. The van der Waals surface area contributed by atoms with Gasteiger partial charge in [-0.25, -0.2) is 0 Å². The van der Waals surface area contributed by atoms with E-state index >= 15 is 0 Å². The summed E-state index contributed by atoms with van der Waals surface area (Å²) in [7, 11) is -6.17. The standard InChI is InChI=1S/C16H36O7Si3.8CH4/c1-16(2,3)26(10,23-25(7,8)9)22-13-20-15(18)11-14(17)19-12-21-24(4,5)6;;;;;;;;/h11-13H2,1-10H3;8*1H4. The lowest BCUT2D eigenvalue weighted by molar-refractivity contribution is -0.162. The van der Waals surface area contributed by atoms with Gasteiger partial charge in [-0.05, 0) is 45.8 Å². The minimum absolute atomic E-state index is 0. The Morgan fingerprint density at radius 3 is 1.18 bits per heavy atom. The van der Waals surface area contributed by atoms with E-state index in [-0.39, 0.29) is 78.0 Å². The molecule has 7 nitrogen and oxygen atoms in total. The molecule has 0 fully saturated rings. The normalized spacial score (nSPS) is 11.7. The van der Waals surface area contributed by atoms with Crippen LogP contribution in [-0.4, -0.2) is 50.7 Å². The van der Waals surface area contributed by atoms with Crippen LogP contribution in [0.1, 0.15) is 86.6 Å². The molecule has 0 aliphatic heterocycles. The smallest absolute Gasteiger partial charge is 0.332 e. The molecule has 0 radical (unpaired) electrons. The van der Waals surface area contributed by atoms with Gasteiger partial charge in [-0.15, -0.1) is 0 Å². The Kier molecular flexibility index (Phi) is 39.7. The lowest BCUT2D eigenvalue weighted by atomic mass is 10.3. The Balaban J connectivity index is -0.000000112. The van der Waals surface area contributed by atoms with Crippen molar-refractivity contribution in [2.45, 2.75) is 137 Å². The highest BCUT2D eigenvalue weighted by Gasteiger charge is 2.47. The highest BCUT2D eigenvalue weighted by atomic mass is 28.4. The molecule has 0 saturated carbocycles. The maximum absolute atomic E-state index is 11.8.